The fourth-order valence-corrected chi connectivity index (χ4v) is 2.50. The first-order valence-electron chi connectivity index (χ1n) is 7.75. The minimum Gasteiger partial charge on any atom is -0.443 e. The third-order valence-electron chi connectivity index (χ3n) is 3.64. The number of hydrogen-bond donors (Lipinski definition) is 1. The van der Waals surface area contributed by atoms with Crippen LogP contribution in [-0.4, -0.2) is 20.9 Å². The first-order valence-corrected chi connectivity index (χ1v) is 7.75. The zero-order valence-electron chi connectivity index (χ0n) is 13.9. The van der Waals surface area contributed by atoms with E-state index in [9.17, 15) is 23.2 Å². The molecule has 1 aromatic heterocycles. The molecule has 0 unspecified atom stereocenters. The monoisotopic (exact) mass is 353 g/mol. The molecule has 2 aromatic rings. The van der Waals surface area contributed by atoms with Crippen LogP contribution in [0, 0.1) is 11.6 Å². The number of benzene rings is 1. The zero-order chi connectivity index (χ0) is 18.5. The van der Waals surface area contributed by atoms with Crippen molar-refractivity contribution in [3.05, 3.63) is 44.6 Å². The van der Waals surface area contributed by atoms with Crippen molar-refractivity contribution in [2.24, 2.45) is 0 Å². The van der Waals surface area contributed by atoms with E-state index in [0.29, 0.717) is 17.5 Å². The molecule has 0 spiro atoms. The van der Waals surface area contributed by atoms with E-state index < -0.39 is 34.6 Å². The molecule has 1 fully saturated rings. The van der Waals surface area contributed by atoms with Crippen LogP contribution in [-0.2, 0) is 4.74 Å². The van der Waals surface area contributed by atoms with E-state index in [-0.39, 0.29) is 16.9 Å². The van der Waals surface area contributed by atoms with Gasteiger partial charge in [-0.25, -0.2) is 23.8 Å². The number of rotatable bonds is 2. The van der Waals surface area contributed by atoms with Crippen molar-refractivity contribution in [3.8, 4) is 0 Å². The normalized spacial score (nSPS) is 14.6. The van der Waals surface area contributed by atoms with Gasteiger partial charge < -0.3 is 4.74 Å². The molecule has 1 N–H and O–H groups in total. The van der Waals surface area contributed by atoms with Crippen molar-refractivity contribution in [1.29, 1.82) is 0 Å². The van der Waals surface area contributed by atoms with Gasteiger partial charge in [-0.05, 0) is 39.7 Å². The van der Waals surface area contributed by atoms with Crippen LogP contribution in [0.25, 0.3) is 10.9 Å². The highest BCUT2D eigenvalue weighted by atomic mass is 19.2. The number of halogens is 2. The zero-order valence-corrected chi connectivity index (χ0v) is 13.9. The Labute approximate surface area is 140 Å². The number of nitrogens with one attached hydrogen (secondary N) is 1. The summed E-state index contributed by atoms with van der Waals surface area (Å²) in [6, 6.07) is 1.31. The van der Waals surface area contributed by atoms with Crippen molar-refractivity contribution < 1.29 is 18.3 Å². The highest BCUT2D eigenvalue weighted by Crippen LogP contribution is 2.35. The average molecular weight is 353 g/mol. The van der Waals surface area contributed by atoms with E-state index in [1.807, 2.05) is 0 Å². The van der Waals surface area contributed by atoms with Crippen LogP contribution in [0.3, 0.4) is 0 Å². The molecule has 134 valence electrons. The average Bonchev–Trinajstić information content (AvgIpc) is 3.29. The highest BCUT2D eigenvalue weighted by Gasteiger charge is 2.30. The van der Waals surface area contributed by atoms with Gasteiger partial charge in [0, 0.05) is 12.1 Å². The molecule has 1 aliphatic rings. The smallest absolute Gasteiger partial charge is 0.427 e. The standard InChI is InChI=1S/C16H17F2N3O4/c1-16(2,3)25-14(23)19-21-13(22)9-6-10(17)11(18)7-12(9)20(15(21)24)8-4-5-8/h6-8H,4-5H2,1-3H3,(H,19,23). The number of carbonyl (C=O) groups excluding carboxylic acids is 1. The van der Waals surface area contributed by atoms with Gasteiger partial charge in [0.25, 0.3) is 5.56 Å². The molecule has 0 atom stereocenters. The fourth-order valence-electron chi connectivity index (χ4n) is 2.50. The Hall–Kier alpha value is -2.71. The summed E-state index contributed by atoms with van der Waals surface area (Å²) >= 11 is 0. The summed E-state index contributed by atoms with van der Waals surface area (Å²) in [6.07, 6.45) is 0.327. The number of aromatic nitrogens is 2. The number of amides is 1. The van der Waals surface area contributed by atoms with E-state index in [1.54, 1.807) is 20.8 Å². The Kier molecular flexibility index (Phi) is 3.89. The molecule has 0 aliphatic heterocycles. The largest absolute Gasteiger partial charge is 0.443 e. The lowest BCUT2D eigenvalue weighted by molar-refractivity contribution is 0.0610. The molecule has 1 amide bonds. The molecule has 3 rings (SSSR count). The van der Waals surface area contributed by atoms with E-state index in [4.69, 9.17) is 4.74 Å². The van der Waals surface area contributed by atoms with Gasteiger partial charge >= 0.3 is 11.8 Å². The lowest BCUT2D eigenvalue weighted by Crippen LogP contribution is -2.47. The Morgan fingerprint density at radius 3 is 2.36 bits per heavy atom. The minimum absolute atomic E-state index is 0.00126. The van der Waals surface area contributed by atoms with E-state index >= 15 is 0 Å². The lowest BCUT2D eigenvalue weighted by atomic mass is 10.2. The molecule has 25 heavy (non-hydrogen) atoms. The van der Waals surface area contributed by atoms with Gasteiger partial charge in [0.05, 0.1) is 10.9 Å². The van der Waals surface area contributed by atoms with Crippen molar-refractivity contribution in [2.75, 3.05) is 5.43 Å². The van der Waals surface area contributed by atoms with Gasteiger partial charge in [0.1, 0.15) is 5.60 Å². The maximum absolute atomic E-state index is 13.6. The summed E-state index contributed by atoms with van der Waals surface area (Å²) in [4.78, 5) is 37.0. The molecular weight excluding hydrogens is 336 g/mol. The van der Waals surface area contributed by atoms with Crippen molar-refractivity contribution in [1.82, 2.24) is 9.24 Å². The summed E-state index contributed by atoms with van der Waals surface area (Å²) in [5.74, 6) is -2.37. The first kappa shape index (κ1) is 17.1. The number of fused-ring (bicyclic) bond motifs is 1. The summed E-state index contributed by atoms with van der Waals surface area (Å²) in [6.45, 7) is 4.86. The molecule has 0 radical (unpaired) electrons. The van der Waals surface area contributed by atoms with Gasteiger partial charge in [0.2, 0.25) is 0 Å². The maximum Gasteiger partial charge on any atom is 0.427 e. The van der Waals surface area contributed by atoms with Gasteiger partial charge in [-0.2, -0.15) is 4.68 Å². The van der Waals surface area contributed by atoms with Crippen LogP contribution >= 0.6 is 0 Å². The van der Waals surface area contributed by atoms with E-state index in [1.165, 1.54) is 4.57 Å². The Morgan fingerprint density at radius 1 is 1.20 bits per heavy atom. The molecule has 1 aromatic carbocycles. The molecule has 1 aliphatic carbocycles. The minimum atomic E-state index is -1.21. The highest BCUT2D eigenvalue weighted by molar-refractivity contribution is 5.80. The predicted molar refractivity (Wildman–Crippen MR) is 86.2 cm³/mol. The number of ether oxygens (including phenoxy) is 1. The van der Waals surface area contributed by atoms with Gasteiger partial charge in [0.15, 0.2) is 11.6 Å². The second-order valence-corrected chi connectivity index (χ2v) is 6.92. The van der Waals surface area contributed by atoms with Crippen LogP contribution in [0.15, 0.2) is 21.7 Å². The topological polar surface area (TPSA) is 82.3 Å². The van der Waals surface area contributed by atoms with Crippen LogP contribution in [0.1, 0.15) is 39.7 Å². The van der Waals surface area contributed by atoms with Crippen molar-refractivity contribution in [3.63, 3.8) is 0 Å². The number of carbonyl (C=O) groups is 1. The SMILES string of the molecule is CC(C)(C)OC(=O)Nn1c(=O)c2cc(F)c(F)cc2n(C2CC2)c1=O. The molecule has 9 heteroatoms. The van der Waals surface area contributed by atoms with Crippen LogP contribution in [0.5, 0.6) is 0 Å². The number of nitrogens with zero attached hydrogens (tertiary/aromatic N) is 2. The summed E-state index contributed by atoms with van der Waals surface area (Å²) < 4.78 is 33.8. The summed E-state index contributed by atoms with van der Waals surface area (Å²) in [7, 11) is 0. The second-order valence-electron chi connectivity index (χ2n) is 6.92. The van der Waals surface area contributed by atoms with Gasteiger partial charge in [-0.1, -0.05) is 0 Å². The lowest BCUT2D eigenvalue weighted by Gasteiger charge is -2.20. The Morgan fingerprint density at radius 2 is 1.80 bits per heavy atom. The quantitative estimate of drug-likeness (QED) is 0.898. The van der Waals surface area contributed by atoms with Crippen molar-refractivity contribution >= 4 is 17.0 Å². The van der Waals surface area contributed by atoms with Crippen LogP contribution in [0.4, 0.5) is 13.6 Å². The first-order chi connectivity index (χ1) is 11.6. The van der Waals surface area contributed by atoms with Gasteiger partial charge in [-0.15, -0.1) is 0 Å². The molecule has 1 heterocycles. The molecule has 7 nitrogen and oxygen atoms in total. The Bertz CT molecular complexity index is 984. The molecule has 1 saturated carbocycles. The van der Waals surface area contributed by atoms with E-state index in [2.05, 4.69) is 5.43 Å². The number of hydrogen-bond acceptors (Lipinski definition) is 4. The molecule has 0 bridgehead atoms. The van der Waals surface area contributed by atoms with Gasteiger partial charge in [-0.3, -0.25) is 9.36 Å². The third kappa shape index (κ3) is 3.26. The van der Waals surface area contributed by atoms with Crippen molar-refractivity contribution in [2.45, 2.75) is 45.3 Å². The van der Waals surface area contributed by atoms with Crippen LogP contribution < -0.4 is 16.7 Å². The maximum atomic E-state index is 13.6. The molecular formula is C16H17F2N3O4. The van der Waals surface area contributed by atoms with Crippen LogP contribution in [0.2, 0.25) is 0 Å². The molecule has 0 saturated heterocycles. The predicted octanol–water partition coefficient (Wildman–Crippen LogP) is 2.25. The summed E-state index contributed by atoms with van der Waals surface area (Å²) in [5, 5.41) is -0.207. The third-order valence-corrected chi connectivity index (χ3v) is 3.64. The Balaban J connectivity index is 2.19. The van der Waals surface area contributed by atoms with E-state index in [0.717, 1.165) is 12.1 Å². The second kappa shape index (κ2) is 5.68. The fraction of sp³-hybridized carbons (Fsp3) is 0.438. The summed E-state index contributed by atoms with van der Waals surface area (Å²) in [5.41, 5.74) is -0.555.